The van der Waals surface area contributed by atoms with Gasteiger partial charge in [-0.1, -0.05) is 83.1 Å². The molecule has 186 valence electrons. The molecule has 2 heteroatoms. The maximum Gasteiger partial charge on any atom is 0.0625 e. The molecule has 1 aliphatic rings. The maximum atomic E-state index is 2.84. The first-order valence-corrected chi connectivity index (χ1v) is 13.4. The van der Waals surface area contributed by atoms with Crippen molar-refractivity contribution in [3.63, 3.8) is 0 Å². The average Bonchev–Trinajstić information content (AvgIpc) is 2.87. The Morgan fingerprint density at radius 2 is 0.903 bits per heavy atom. The van der Waals surface area contributed by atoms with Crippen LogP contribution < -0.4 is 0 Å². The first-order chi connectivity index (χ1) is 14.0. The van der Waals surface area contributed by atoms with Crippen LogP contribution in [0, 0.1) is 34.0 Å². The highest BCUT2D eigenvalue weighted by atomic mass is 15.4. The lowest BCUT2D eigenvalue weighted by Crippen LogP contribution is -2.42. The molecule has 31 heavy (non-hydrogen) atoms. The fourth-order valence-corrected chi connectivity index (χ4v) is 6.16. The number of rotatable bonds is 11. The molecule has 1 saturated heterocycles. The minimum Gasteiger partial charge on any atom is -0.287 e. The van der Waals surface area contributed by atoms with Gasteiger partial charge in [0.05, 0.1) is 6.17 Å². The van der Waals surface area contributed by atoms with E-state index in [0.717, 1.165) is 17.8 Å². The van der Waals surface area contributed by atoms with E-state index in [0.29, 0.717) is 22.4 Å². The van der Waals surface area contributed by atoms with Crippen LogP contribution in [0.1, 0.15) is 122 Å². The molecule has 0 unspecified atom stereocenters. The molecular weight excluding hydrogens is 376 g/mol. The van der Waals surface area contributed by atoms with Crippen LogP contribution in [0.3, 0.4) is 0 Å². The molecule has 0 bridgehead atoms. The fraction of sp³-hybridized carbons (Fsp3) is 1.00. The molecule has 0 aliphatic carbocycles. The third-order valence-electron chi connectivity index (χ3n) is 6.83. The minimum absolute atomic E-state index is 0.427. The van der Waals surface area contributed by atoms with Gasteiger partial charge in [0.2, 0.25) is 0 Å². The fourth-order valence-electron chi connectivity index (χ4n) is 6.16. The van der Waals surface area contributed by atoms with Gasteiger partial charge in [0, 0.05) is 13.1 Å². The Morgan fingerprint density at radius 3 is 1.23 bits per heavy atom. The molecule has 0 radical (unpaired) electrons. The number of nitrogens with zero attached hydrogens (tertiary/aromatic N) is 2. The van der Waals surface area contributed by atoms with Crippen molar-refractivity contribution in [3.05, 3.63) is 0 Å². The third-order valence-corrected chi connectivity index (χ3v) is 6.83. The zero-order chi connectivity index (χ0) is 24.0. The highest BCUT2D eigenvalue weighted by Gasteiger charge is 2.33. The molecule has 0 aromatic rings. The normalized spacial score (nSPS) is 20.9. The van der Waals surface area contributed by atoms with Gasteiger partial charge in [-0.3, -0.25) is 9.80 Å². The Kier molecular flexibility index (Phi) is 11.1. The van der Waals surface area contributed by atoms with Crippen LogP contribution in [-0.4, -0.2) is 42.1 Å². The van der Waals surface area contributed by atoms with E-state index in [1.54, 1.807) is 0 Å². The minimum atomic E-state index is 0.427. The standard InChI is InChI=1S/C29H60N2/c1-23(20-27(4,5)6)13-15-30-17-18-31(16-14-24(2)21-28(7,8)9)26(30)19-25(3)22-29(10,11)12/h23-26H,13-22H2,1-12H3/t23-,24-,25-/m1/s1. The van der Waals surface area contributed by atoms with Crippen LogP contribution in [0.15, 0.2) is 0 Å². The van der Waals surface area contributed by atoms with E-state index in [9.17, 15) is 0 Å². The predicted molar refractivity (Wildman–Crippen MR) is 140 cm³/mol. The zero-order valence-electron chi connectivity index (χ0n) is 23.8. The summed E-state index contributed by atoms with van der Waals surface area (Å²) in [4.78, 5) is 5.68. The Morgan fingerprint density at radius 1 is 0.581 bits per heavy atom. The molecular formula is C29H60N2. The van der Waals surface area contributed by atoms with Crippen LogP contribution >= 0.6 is 0 Å². The summed E-state index contributed by atoms with van der Waals surface area (Å²) in [5, 5.41) is 0. The molecule has 1 aliphatic heterocycles. The molecule has 2 nitrogen and oxygen atoms in total. The Balaban J connectivity index is 2.73. The molecule has 0 saturated carbocycles. The third kappa shape index (κ3) is 13.3. The first-order valence-electron chi connectivity index (χ1n) is 13.4. The second-order valence-corrected chi connectivity index (χ2v) is 15.0. The van der Waals surface area contributed by atoms with Crippen LogP contribution in [0.2, 0.25) is 0 Å². The summed E-state index contributed by atoms with van der Waals surface area (Å²) < 4.78 is 0. The largest absolute Gasteiger partial charge is 0.287 e. The van der Waals surface area contributed by atoms with Gasteiger partial charge in [-0.15, -0.1) is 0 Å². The summed E-state index contributed by atoms with van der Waals surface area (Å²) in [6.07, 6.45) is 8.66. The molecule has 0 aromatic heterocycles. The SMILES string of the molecule is C[C@H](CCN1CCN(CC[C@@H](C)CC(C)(C)C)C1C[C@@H](C)CC(C)(C)C)CC(C)(C)C. The molecule has 0 amide bonds. The second kappa shape index (κ2) is 11.9. The van der Waals surface area contributed by atoms with Crippen molar-refractivity contribution in [1.82, 2.24) is 9.80 Å². The van der Waals surface area contributed by atoms with E-state index in [-0.39, 0.29) is 0 Å². The molecule has 1 heterocycles. The number of hydrogen-bond donors (Lipinski definition) is 0. The van der Waals surface area contributed by atoms with Crippen LogP contribution in [-0.2, 0) is 0 Å². The summed E-state index contributed by atoms with van der Waals surface area (Å²) >= 11 is 0. The molecule has 1 fully saturated rings. The van der Waals surface area contributed by atoms with E-state index in [1.165, 1.54) is 64.7 Å². The van der Waals surface area contributed by atoms with E-state index in [4.69, 9.17) is 0 Å². The van der Waals surface area contributed by atoms with Crippen molar-refractivity contribution in [2.24, 2.45) is 34.0 Å². The number of hydrogen-bond acceptors (Lipinski definition) is 2. The van der Waals surface area contributed by atoms with Crippen molar-refractivity contribution in [1.29, 1.82) is 0 Å². The Labute approximate surface area is 197 Å². The Hall–Kier alpha value is -0.0800. The summed E-state index contributed by atoms with van der Waals surface area (Å²) in [6, 6.07) is 0. The van der Waals surface area contributed by atoms with Crippen LogP contribution in [0.4, 0.5) is 0 Å². The van der Waals surface area contributed by atoms with Crippen molar-refractivity contribution >= 4 is 0 Å². The summed E-state index contributed by atoms with van der Waals surface area (Å²) in [5.41, 5.74) is 1.32. The van der Waals surface area contributed by atoms with Gasteiger partial charge in [-0.25, -0.2) is 0 Å². The molecule has 0 aromatic carbocycles. The Bertz CT molecular complexity index is 456. The lowest BCUT2D eigenvalue weighted by atomic mass is 9.83. The topological polar surface area (TPSA) is 6.48 Å². The van der Waals surface area contributed by atoms with Gasteiger partial charge >= 0.3 is 0 Å². The highest BCUT2D eigenvalue weighted by molar-refractivity contribution is 4.85. The van der Waals surface area contributed by atoms with E-state index in [1.807, 2.05) is 0 Å². The zero-order valence-corrected chi connectivity index (χ0v) is 23.8. The first kappa shape index (κ1) is 29.0. The molecule has 0 spiro atoms. The van der Waals surface area contributed by atoms with Gasteiger partial charge in [0.15, 0.2) is 0 Å². The van der Waals surface area contributed by atoms with Crippen molar-refractivity contribution in [2.45, 2.75) is 128 Å². The van der Waals surface area contributed by atoms with Crippen molar-refractivity contribution < 1.29 is 0 Å². The van der Waals surface area contributed by atoms with E-state index >= 15 is 0 Å². The van der Waals surface area contributed by atoms with Crippen LogP contribution in [0.25, 0.3) is 0 Å². The highest BCUT2D eigenvalue weighted by Crippen LogP contribution is 2.32. The van der Waals surface area contributed by atoms with Crippen molar-refractivity contribution in [3.8, 4) is 0 Å². The summed E-state index contributed by atoms with van der Waals surface area (Å²) in [5.74, 6) is 2.41. The van der Waals surface area contributed by atoms with Gasteiger partial charge in [-0.2, -0.15) is 0 Å². The van der Waals surface area contributed by atoms with E-state index in [2.05, 4.69) is 92.9 Å². The lowest BCUT2D eigenvalue weighted by Gasteiger charge is -2.35. The summed E-state index contributed by atoms with van der Waals surface area (Å²) in [6.45, 7) is 34.0. The van der Waals surface area contributed by atoms with Crippen LogP contribution in [0.5, 0.6) is 0 Å². The quantitative estimate of drug-likeness (QED) is 0.321. The van der Waals surface area contributed by atoms with Gasteiger partial charge in [0.1, 0.15) is 0 Å². The summed E-state index contributed by atoms with van der Waals surface area (Å²) in [7, 11) is 0. The van der Waals surface area contributed by atoms with Gasteiger partial charge in [0.25, 0.3) is 0 Å². The van der Waals surface area contributed by atoms with Crippen molar-refractivity contribution in [2.75, 3.05) is 26.2 Å². The van der Waals surface area contributed by atoms with E-state index < -0.39 is 0 Å². The molecule has 1 rings (SSSR count). The smallest absolute Gasteiger partial charge is 0.0625 e. The second-order valence-electron chi connectivity index (χ2n) is 15.0. The lowest BCUT2D eigenvalue weighted by molar-refractivity contribution is 0.0911. The molecule has 0 N–H and O–H groups in total. The average molecular weight is 437 g/mol. The molecule has 3 atom stereocenters. The monoisotopic (exact) mass is 436 g/mol. The predicted octanol–water partition coefficient (Wildman–Crippen LogP) is 8.32. The maximum absolute atomic E-state index is 2.84. The van der Waals surface area contributed by atoms with Gasteiger partial charge < -0.3 is 0 Å². The van der Waals surface area contributed by atoms with Gasteiger partial charge in [-0.05, 0) is 85.6 Å².